The summed E-state index contributed by atoms with van der Waals surface area (Å²) in [6.07, 6.45) is 0.0724. The van der Waals surface area contributed by atoms with Crippen molar-refractivity contribution in [2.24, 2.45) is 0 Å². The van der Waals surface area contributed by atoms with Crippen molar-refractivity contribution in [3.63, 3.8) is 0 Å². The molecule has 0 bridgehead atoms. The van der Waals surface area contributed by atoms with Gasteiger partial charge < -0.3 is 5.32 Å². The molecule has 0 aliphatic carbocycles. The Kier molecular flexibility index (Phi) is 12.8. The molecule has 18 heavy (non-hydrogen) atoms. The number of nitrogens with one attached hydrogen (secondary N) is 2. The molecule has 1 aliphatic rings. The number of sulfonamides is 1. The highest BCUT2D eigenvalue weighted by Crippen LogP contribution is 1.93. The minimum Gasteiger partial charge on any atom is -0.314 e. The smallest absolute Gasteiger partial charge is 0.211 e. The molecule has 0 saturated carbocycles. The molecule has 0 spiro atoms. The first-order valence-electron chi connectivity index (χ1n) is 5.60. The van der Waals surface area contributed by atoms with Crippen LogP contribution in [0.5, 0.6) is 0 Å². The zero-order chi connectivity index (χ0) is 11.9. The molecule has 0 aromatic heterocycles. The van der Waals surface area contributed by atoms with E-state index < -0.39 is 16.7 Å². The van der Waals surface area contributed by atoms with Gasteiger partial charge in [-0.15, -0.1) is 24.8 Å². The molecule has 0 atom stereocenters. The zero-order valence-electron chi connectivity index (χ0n) is 10.2. The Labute approximate surface area is 121 Å². The lowest BCUT2D eigenvalue weighted by Crippen LogP contribution is -2.46. The van der Waals surface area contributed by atoms with E-state index in [9.17, 15) is 12.8 Å². The normalized spacial score (nSPS) is 16.7. The van der Waals surface area contributed by atoms with Gasteiger partial charge in [-0.1, -0.05) is 0 Å². The van der Waals surface area contributed by atoms with Crippen molar-refractivity contribution in [1.82, 2.24) is 14.9 Å². The second kappa shape index (κ2) is 11.2. The van der Waals surface area contributed by atoms with E-state index in [4.69, 9.17) is 0 Å². The van der Waals surface area contributed by atoms with Crippen LogP contribution in [0.1, 0.15) is 6.42 Å². The molecule has 1 fully saturated rings. The SMILES string of the molecule is Cl.Cl.O=S(=O)(CCCF)NCCN1CCNCC1. The lowest BCUT2D eigenvalue weighted by molar-refractivity contribution is 0.245. The highest BCUT2D eigenvalue weighted by molar-refractivity contribution is 7.89. The van der Waals surface area contributed by atoms with E-state index in [0.29, 0.717) is 6.54 Å². The van der Waals surface area contributed by atoms with Crippen LogP contribution in [0.4, 0.5) is 4.39 Å². The third kappa shape index (κ3) is 9.29. The monoisotopic (exact) mass is 325 g/mol. The van der Waals surface area contributed by atoms with Gasteiger partial charge in [0.05, 0.1) is 12.4 Å². The Morgan fingerprint density at radius 3 is 2.39 bits per heavy atom. The minimum absolute atomic E-state index is 0. The molecule has 0 unspecified atom stereocenters. The number of piperazine rings is 1. The summed E-state index contributed by atoms with van der Waals surface area (Å²) in [6.45, 7) is 4.35. The summed E-state index contributed by atoms with van der Waals surface area (Å²) in [5.74, 6) is -0.120. The van der Waals surface area contributed by atoms with Gasteiger partial charge in [0.15, 0.2) is 0 Å². The lowest BCUT2D eigenvalue weighted by Gasteiger charge is -2.27. The fourth-order valence-electron chi connectivity index (χ4n) is 1.61. The lowest BCUT2D eigenvalue weighted by atomic mass is 10.3. The highest BCUT2D eigenvalue weighted by atomic mass is 35.5. The number of nitrogens with zero attached hydrogens (tertiary/aromatic N) is 1. The number of rotatable bonds is 7. The van der Waals surface area contributed by atoms with Crippen LogP contribution in [0.2, 0.25) is 0 Å². The topological polar surface area (TPSA) is 61.4 Å². The van der Waals surface area contributed by atoms with E-state index in [1.807, 2.05) is 0 Å². The zero-order valence-corrected chi connectivity index (χ0v) is 12.7. The summed E-state index contributed by atoms with van der Waals surface area (Å²) in [7, 11) is -3.28. The maximum absolute atomic E-state index is 11.8. The van der Waals surface area contributed by atoms with E-state index in [1.165, 1.54) is 0 Å². The molecule has 0 aromatic rings. The van der Waals surface area contributed by atoms with E-state index in [-0.39, 0.29) is 37.0 Å². The van der Waals surface area contributed by atoms with Gasteiger partial charge in [0.1, 0.15) is 0 Å². The van der Waals surface area contributed by atoms with Gasteiger partial charge in [0.25, 0.3) is 0 Å². The molecular weight excluding hydrogens is 304 g/mol. The average Bonchev–Trinajstić information content (AvgIpc) is 2.28. The van der Waals surface area contributed by atoms with Crippen LogP contribution in [0.25, 0.3) is 0 Å². The van der Waals surface area contributed by atoms with E-state index in [1.54, 1.807) is 0 Å². The Morgan fingerprint density at radius 1 is 1.22 bits per heavy atom. The fourth-order valence-corrected chi connectivity index (χ4v) is 2.65. The van der Waals surface area contributed by atoms with Crippen molar-refractivity contribution in [3.8, 4) is 0 Å². The Morgan fingerprint density at radius 2 is 1.83 bits per heavy atom. The Hall–Kier alpha value is 0.340. The highest BCUT2D eigenvalue weighted by Gasteiger charge is 2.12. The summed E-state index contributed by atoms with van der Waals surface area (Å²) in [6, 6.07) is 0. The molecule has 1 rings (SSSR count). The molecule has 0 radical (unpaired) electrons. The molecule has 0 aromatic carbocycles. The van der Waals surface area contributed by atoms with Gasteiger partial charge in [-0.25, -0.2) is 13.1 Å². The van der Waals surface area contributed by atoms with Crippen LogP contribution in [0.15, 0.2) is 0 Å². The van der Waals surface area contributed by atoms with E-state index in [0.717, 1.165) is 32.7 Å². The fraction of sp³-hybridized carbons (Fsp3) is 1.00. The Balaban J connectivity index is 0. The molecule has 1 aliphatic heterocycles. The molecule has 1 heterocycles. The maximum Gasteiger partial charge on any atom is 0.211 e. The molecule has 5 nitrogen and oxygen atoms in total. The third-order valence-electron chi connectivity index (χ3n) is 2.51. The van der Waals surface area contributed by atoms with Gasteiger partial charge in [-0.05, 0) is 6.42 Å². The van der Waals surface area contributed by atoms with Crippen molar-refractivity contribution in [2.75, 3.05) is 51.7 Å². The van der Waals surface area contributed by atoms with Crippen molar-refractivity contribution >= 4 is 34.8 Å². The molecule has 0 amide bonds. The maximum atomic E-state index is 11.8. The third-order valence-corrected chi connectivity index (χ3v) is 3.98. The first kappa shape index (κ1) is 20.7. The number of alkyl halides is 1. The first-order chi connectivity index (χ1) is 7.64. The van der Waals surface area contributed by atoms with Gasteiger partial charge in [0.2, 0.25) is 10.0 Å². The molecule has 9 heteroatoms. The largest absolute Gasteiger partial charge is 0.314 e. The molecule has 112 valence electrons. The summed E-state index contributed by atoms with van der Waals surface area (Å²) >= 11 is 0. The van der Waals surface area contributed by atoms with E-state index >= 15 is 0 Å². The van der Waals surface area contributed by atoms with Crippen LogP contribution in [-0.2, 0) is 10.0 Å². The standard InChI is InChI=1S/C9H20FN3O2S.2ClH/c10-2-1-9-16(14,15)12-5-8-13-6-3-11-4-7-13;;/h11-12H,1-9H2;2*1H. The van der Waals surface area contributed by atoms with Gasteiger partial charge in [-0.3, -0.25) is 9.29 Å². The predicted molar refractivity (Wildman–Crippen MR) is 76.2 cm³/mol. The van der Waals surface area contributed by atoms with Crippen LogP contribution >= 0.6 is 24.8 Å². The van der Waals surface area contributed by atoms with Crippen LogP contribution in [-0.4, -0.2) is 65.0 Å². The first-order valence-corrected chi connectivity index (χ1v) is 7.26. The van der Waals surface area contributed by atoms with Crippen LogP contribution < -0.4 is 10.0 Å². The van der Waals surface area contributed by atoms with Gasteiger partial charge in [-0.2, -0.15) is 0 Å². The van der Waals surface area contributed by atoms with Crippen molar-refractivity contribution in [1.29, 1.82) is 0 Å². The quantitative estimate of drug-likeness (QED) is 0.692. The number of halogens is 3. The van der Waals surface area contributed by atoms with Crippen LogP contribution in [0.3, 0.4) is 0 Å². The second-order valence-corrected chi connectivity index (χ2v) is 5.77. The Bertz CT molecular complexity index is 288. The summed E-state index contributed by atoms with van der Waals surface area (Å²) in [5.41, 5.74) is 0. The average molecular weight is 326 g/mol. The molecule has 1 saturated heterocycles. The van der Waals surface area contributed by atoms with Crippen LogP contribution in [0, 0.1) is 0 Å². The van der Waals surface area contributed by atoms with Crippen molar-refractivity contribution in [2.45, 2.75) is 6.42 Å². The van der Waals surface area contributed by atoms with Crippen molar-refractivity contribution < 1.29 is 12.8 Å². The summed E-state index contributed by atoms with van der Waals surface area (Å²) in [4.78, 5) is 2.20. The summed E-state index contributed by atoms with van der Waals surface area (Å²) < 4.78 is 37.0. The predicted octanol–water partition coefficient (Wildman–Crippen LogP) is 0.0142. The van der Waals surface area contributed by atoms with E-state index in [2.05, 4.69) is 14.9 Å². The number of hydrogen-bond acceptors (Lipinski definition) is 4. The number of hydrogen-bond donors (Lipinski definition) is 2. The van der Waals surface area contributed by atoms with Gasteiger partial charge >= 0.3 is 0 Å². The molecule has 2 N–H and O–H groups in total. The second-order valence-electron chi connectivity index (χ2n) is 3.85. The minimum atomic E-state index is -3.28. The molecular formula is C9H22Cl2FN3O2S. The summed E-state index contributed by atoms with van der Waals surface area (Å²) in [5, 5.41) is 3.23. The van der Waals surface area contributed by atoms with Gasteiger partial charge in [0, 0.05) is 39.3 Å². The van der Waals surface area contributed by atoms with Crippen molar-refractivity contribution in [3.05, 3.63) is 0 Å².